The lowest BCUT2D eigenvalue weighted by molar-refractivity contribution is 0.585. The maximum atomic E-state index is 6.00. The number of hydrogen-bond acceptors (Lipinski definition) is 0. The molecule has 0 heterocycles. The van der Waals surface area contributed by atoms with Crippen molar-refractivity contribution in [1.82, 2.24) is 0 Å². The summed E-state index contributed by atoms with van der Waals surface area (Å²) in [5, 5.41) is 1.04. The van der Waals surface area contributed by atoms with E-state index in [0.717, 1.165) is 5.03 Å². The molecule has 2 atom stereocenters. The summed E-state index contributed by atoms with van der Waals surface area (Å²) in [6.07, 6.45) is 6.34. The largest absolute Gasteiger partial charge is 0.0888 e. The summed E-state index contributed by atoms with van der Waals surface area (Å²) in [5.41, 5.74) is 0.431. The molecule has 0 nitrogen and oxygen atoms in total. The summed E-state index contributed by atoms with van der Waals surface area (Å²) in [7, 11) is 0. The van der Waals surface area contributed by atoms with Crippen LogP contribution in [0.25, 0.3) is 0 Å². The zero-order valence-corrected chi connectivity index (χ0v) is 7.02. The van der Waals surface area contributed by atoms with Crippen LogP contribution in [0.1, 0.15) is 13.8 Å². The molecule has 0 aromatic carbocycles. The van der Waals surface area contributed by atoms with Crippen LogP contribution >= 0.6 is 11.6 Å². The summed E-state index contributed by atoms with van der Waals surface area (Å²) in [6.45, 7) is 4.54. The Morgan fingerprint density at radius 1 is 1.50 bits per heavy atom. The highest BCUT2D eigenvalue weighted by atomic mass is 35.5. The van der Waals surface area contributed by atoms with Crippen LogP contribution in [0.15, 0.2) is 23.3 Å². The highest BCUT2D eigenvalue weighted by molar-refractivity contribution is 6.30. The van der Waals surface area contributed by atoms with Gasteiger partial charge in [-0.2, -0.15) is 0 Å². The fourth-order valence-corrected chi connectivity index (χ4v) is 2.42. The predicted octanol–water partition coefficient (Wildman–Crippen LogP) is 2.95. The molecule has 0 amide bonds. The lowest BCUT2D eigenvalue weighted by Gasteiger charge is -1.98. The van der Waals surface area contributed by atoms with Gasteiger partial charge in [0.15, 0.2) is 0 Å². The van der Waals surface area contributed by atoms with Crippen molar-refractivity contribution in [2.24, 2.45) is 17.3 Å². The van der Waals surface area contributed by atoms with Gasteiger partial charge in [-0.1, -0.05) is 37.6 Å². The van der Waals surface area contributed by atoms with E-state index in [2.05, 4.69) is 26.0 Å². The topological polar surface area (TPSA) is 0 Å². The summed E-state index contributed by atoms with van der Waals surface area (Å²) in [4.78, 5) is 0. The molecule has 1 heteroatoms. The Morgan fingerprint density at radius 2 is 2.20 bits per heavy atom. The minimum atomic E-state index is 0.431. The molecule has 54 valence electrons. The van der Waals surface area contributed by atoms with Crippen LogP contribution in [-0.2, 0) is 0 Å². The van der Waals surface area contributed by atoms with E-state index in [0.29, 0.717) is 17.3 Å². The highest BCUT2D eigenvalue weighted by Crippen LogP contribution is 2.64. The average Bonchev–Trinajstić information content (AvgIpc) is 2.38. The summed E-state index contributed by atoms with van der Waals surface area (Å²) in [6, 6.07) is 0. The second kappa shape index (κ2) is 1.68. The standard InChI is InChI=1S/C9H11Cl/c1-9(2)6-4-3-5-7(10)8(6)9/h3-6,8H,1-2H3/t6-,8-/m0/s1. The van der Waals surface area contributed by atoms with Crippen LogP contribution in [0.3, 0.4) is 0 Å². The van der Waals surface area contributed by atoms with Crippen LogP contribution in [0.4, 0.5) is 0 Å². The van der Waals surface area contributed by atoms with Crippen molar-refractivity contribution in [3.8, 4) is 0 Å². The first-order chi connectivity index (χ1) is 4.64. The van der Waals surface area contributed by atoms with Gasteiger partial charge < -0.3 is 0 Å². The van der Waals surface area contributed by atoms with Gasteiger partial charge >= 0.3 is 0 Å². The summed E-state index contributed by atoms with van der Waals surface area (Å²) in [5.74, 6) is 1.34. The molecule has 2 aliphatic carbocycles. The zero-order valence-electron chi connectivity index (χ0n) is 6.26. The second-order valence-corrected chi connectivity index (χ2v) is 4.20. The molecule has 0 aliphatic heterocycles. The van der Waals surface area contributed by atoms with Crippen LogP contribution in [0, 0.1) is 17.3 Å². The maximum Gasteiger partial charge on any atom is 0.0223 e. The third kappa shape index (κ3) is 0.630. The Hall–Kier alpha value is -0.230. The first-order valence-electron chi connectivity index (χ1n) is 3.68. The molecule has 2 aliphatic rings. The number of allylic oxidation sites excluding steroid dienone is 4. The Balaban J connectivity index is 2.33. The molecule has 0 unspecified atom stereocenters. The molecule has 2 rings (SSSR count). The van der Waals surface area contributed by atoms with Gasteiger partial charge in [0.05, 0.1) is 0 Å². The molecular formula is C9H11Cl. The first-order valence-corrected chi connectivity index (χ1v) is 4.05. The zero-order chi connectivity index (χ0) is 7.35. The van der Waals surface area contributed by atoms with Gasteiger partial charge in [0.2, 0.25) is 0 Å². The molecule has 0 aromatic heterocycles. The Labute approximate surface area is 66.6 Å². The molecule has 10 heavy (non-hydrogen) atoms. The van der Waals surface area contributed by atoms with Crippen molar-refractivity contribution in [2.75, 3.05) is 0 Å². The van der Waals surface area contributed by atoms with E-state index < -0.39 is 0 Å². The highest BCUT2D eigenvalue weighted by Gasteiger charge is 2.58. The van der Waals surface area contributed by atoms with Crippen LogP contribution < -0.4 is 0 Å². The maximum absolute atomic E-state index is 6.00. The molecule has 0 saturated heterocycles. The van der Waals surface area contributed by atoms with Crippen molar-refractivity contribution >= 4 is 11.6 Å². The van der Waals surface area contributed by atoms with E-state index in [9.17, 15) is 0 Å². The monoisotopic (exact) mass is 154 g/mol. The molecule has 0 aromatic rings. The SMILES string of the molecule is CC1(C)[C@@H]2C(Cl)=CC=C[C@@H]21. The van der Waals surface area contributed by atoms with Gasteiger partial charge in [0.25, 0.3) is 0 Å². The number of fused-ring (bicyclic) bond motifs is 1. The van der Waals surface area contributed by atoms with Crippen LogP contribution in [-0.4, -0.2) is 0 Å². The normalized spacial score (nSPS) is 40.5. The van der Waals surface area contributed by atoms with Crippen LogP contribution in [0.2, 0.25) is 0 Å². The van der Waals surface area contributed by atoms with E-state index in [1.54, 1.807) is 0 Å². The lowest BCUT2D eigenvalue weighted by atomic mass is 10.1. The van der Waals surface area contributed by atoms with E-state index >= 15 is 0 Å². The third-order valence-corrected chi connectivity index (χ3v) is 3.14. The van der Waals surface area contributed by atoms with E-state index in [1.807, 2.05) is 6.08 Å². The molecule has 0 radical (unpaired) electrons. The Bertz CT molecular complexity index is 223. The van der Waals surface area contributed by atoms with Gasteiger partial charge in [-0.25, -0.2) is 0 Å². The fraction of sp³-hybridized carbons (Fsp3) is 0.556. The Kier molecular flexibility index (Phi) is 1.09. The van der Waals surface area contributed by atoms with Gasteiger partial charge in [0, 0.05) is 11.0 Å². The van der Waals surface area contributed by atoms with Crippen LogP contribution in [0.5, 0.6) is 0 Å². The van der Waals surface area contributed by atoms with Crippen molar-refractivity contribution in [3.05, 3.63) is 23.3 Å². The molecule has 0 bridgehead atoms. The summed E-state index contributed by atoms with van der Waals surface area (Å²) >= 11 is 6.00. The predicted molar refractivity (Wildman–Crippen MR) is 43.8 cm³/mol. The van der Waals surface area contributed by atoms with Crippen molar-refractivity contribution in [3.63, 3.8) is 0 Å². The molecule has 1 saturated carbocycles. The molecule has 1 fully saturated rings. The minimum absolute atomic E-state index is 0.431. The van der Waals surface area contributed by atoms with Crippen molar-refractivity contribution in [2.45, 2.75) is 13.8 Å². The smallest absolute Gasteiger partial charge is 0.0223 e. The van der Waals surface area contributed by atoms with Gasteiger partial charge in [0.1, 0.15) is 0 Å². The lowest BCUT2D eigenvalue weighted by Crippen LogP contribution is -1.88. The molecular weight excluding hydrogens is 144 g/mol. The first kappa shape index (κ1) is 6.48. The fourth-order valence-electron chi connectivity index (χ4n) is 1.93. The minimum Gasteiger partial charge on any atom is -0.0888 e. The van der Waals surface area contributed by atoms with Crippen molar-refractivity contribution < 1.29 is 0 Å². The second-order valence-electron chi connectivity index (χ2n) is 3.76. The van der Waals surface area contributed by atoms with E-state index in [1.165, 1.54) is 0 Å². The van der Waals surface area contributed by atoms with Gasteiger partial charge in [-0.05, 0) is 17.4 Å². The molecule has 0 spiro atoms. The number of hydrogen-bond donors (Lipinski definition) is 0. The molecule has 0 N–H and O–H groups in total. The van der Waals surface area contributed by atoms with Gasteiger partial charge in [-0.3, -0.25) is 0 Å². The average molecular weight is 155 g/mol. The van der Waals surface area contributed by atoms with E-state index in [4.69, 9.17) is 11.6 Å². The van der Waals surface area contributed by atoms with Crippen molar-refractivity contribution in [1.29, 1.82) is 0 Å². The third-order valence-electron chi connectivity index (χ3n) is 2.78. The number of rotatable bonds is 0. The Morgan fingerprint density at radius 3 is 2.70 bits per heavy atom. The summed E-state index contributed by atoms with van der Waals surface area (Å²) < 4.78 is 0. The van der Waals surface area contributed by atoms with E-state index in [-0.39, 0.29) is 0 Å². The van der Waals surface area contributed by atoms with Gasteiger partial charge in [-0.15, -0.1) is 0 Å². The number of halogens is 1. The quantitative estimate of drug-likeness (QED) is 0.503.